The average Bonchev–Trinajstić information content (AvgIpc) is 2.71. The Balaban J connectivity index is 2.56. The van der Waals surface area contributed by atoms with Crippen molar-refractivity contribution >= 4 is 31.9 Å². The predicted molar refractivity (Wildman–Crippen MR) is 78.0 cm³/mol. The highest BCUT2D eigenvalue weighted by atomic mass is 79.9. The van der Waals surface area contributed by atoms with Gasteiger partial charge in [0.15, 0.2) is 0 Å². The van der Waals surface area contributed by atoms with Gasteiger partial charge in [0.05, 0.1) is 11.9 Å². The van der Waals surface area contributed by atoms with Gasteiger partial charge in [0.25, 0.3) is 0 Å². The van der Waals surface area contributed by atoms with Crippen LogP contribution in [0.1, 0.15) is 23.7 Å². The molecule has 0 bridgehead atoms. The number of rotatable bonds is 3. The van der Waals surface area contributed by atoms with Crippen LogP contribution in [0.15, 0.2) is 28.9 Å². The van der Waals surface area contributed by atoms with Crippen LogP contribution in [0.3, 0.4) is 0 Å². The molecule has 0 N–H and O–H groups in total. The van der Waals surface area contributed by atoms with Crippen LogP contribution in [0.25, 0.3) is 5.69 Å². The molecule has 2 aromatic rings. The summed E-state index contributed by atoms with van der Waals surface area (Å²) in [6, 6.07) is 6.27. The van der Waals surface area contributed by atoms with E-state index in [9.17, 15) is 0 Å². The molecule has 0 radical (unpaired) electrons. The lowest BCUT2D eigenvalue weighted by molar-refractivity contribution is 0.806. The Hall–Kier alpha value is -0.610. The third-order valence-electron chi connectivity index (χ3n) is 2.82. The molecule has 0 saturated heterocycles. The molecule has 1 heterocycles. The molecule has 17 heavy (non-hydrogen) atoms. The largest absolute Gasteiger partial charge is 0.237 e. The summed E-state index contributed by atoms with van der Waals surface area (Å²) in [5, 5.41) is 5.34. The maximum absolute atomic E-state index is 4.49. The zero-order valence-electron chi connectivity index (χ0n) is 9.87. The van der Waals surface area contributed by atoms with Gasteiger partial charge in [0.2, 0.25) is 0 Å². The van der Waals surface area contributed by atoms with Gasteiger partial charge < -0.3 is 0 Å². The molecule has 90 valence electrons. The molecule has 0 aliphatic carbocycles. The third-order valence-corrected chi connectivity index (χ3v) is 3.92. The monoisotopic (exact) mass is 356 g/mol. The van der Waals surface area contributed by atoms with E-state index < -0.39 is 0 Å². The summed E-state index contributed by atoms with van der Waals surface area (Å²) >= 11 is 6.99. The molecular weight excluding hydrogens is 344 g/mol. The zero-order chi connectivity index (χ0) is 12.4. The number of aromatic nitrogens is 2. The summed E-state index contributed by atoms with van der Waals surface area (Å²) in [6.45, 7) is 4.27. The Kier molecular flexibility index (Phi) is 4.05. The summed E-state index contributed by atoms with van der Waals surface area (Å²) in [6.07, 6.45) is 2.92. The van der Waals surface area contributed by atoms with E-state index >= 15 is 0 Å². The van der Waals surface area contributed by atoms with Crippen molar-refractivity contribution in [2.45, 2.75) is 25.6 Å². The molecule has 0 aliphatic rings. The fourth-order valence-corrected chi connectivity index (χ4v) is 2.90. The third kappa shape index (κ3) is 2.47. The Morgan fingerprint density at radius 2 is 2.12 bits per heavy atom. The molecule has 2 nitrogen and oxygen atoms in total. The second-order valence-electron chi connectivity index (χ2n) is 3.95. The first-order chi connectivity index (χ1) is 8.17. The van der Waals surface area contributed by atoms with Crippen LogP contribution in [-0.4, -0.2) is 9.78 Å². The summed E-state index contributed by atoms with van der Waals surface area (Å²) in [7, 11) is 0. The second kappa shape index (κ2) is 5.36. The van der Waals surface area contributed by atoms with Crippen LogP contribution < -0.4 is 0 Å². The van der Waals surface area contributed by atoms with Crippen molar-refractivity contribution in [2.24, 2.45) is 0 Å². The molecule has 0 saturated carbocycles. The van der Waals surface area contributed by atoms with Crippen molar-refractivity contribution < 1.29 is 0 Å². The summed E-state index contributed by atoms with van der Waals surface area (Å²) in [5.41, 5.74) is 4.90. The van der Waals surface area contributed by atoms with Gasteiger partial charge >= 0.3 is 0 Å². The van der Waals surface area contributed by atoms with Gasteiger partial charge in [-0.3, -0.25) is 0 Å². The van der Waals surface area contributed by atoms with Crippen molar-refractivity contribution in [1.82, 2.24) is 9.78 Å². The van der Waals surface area contributed by atoms with E-state index in [0.29, 0.717) is 0 Å². The molecule has 4 heteroatoms. The van der Waals surface area contributed by atoms with E-state index in [-0.39, 0.29) is 0 Å². The number of nitrogens with zero attached hydrogens (tertiary/aromatic N) is 2. The number of hydrogen-bond acceptors (Lipinski definition) is 1. The first-order valence-corrected chi connectivity index (χ1v) is 7.47. The summed E-state index contributed by atoms with van der Waals surface area (Å²) < 4.78 is 3.14. The van der Waals surface area contributed by atoms with Crippen LogP contribution in [0, 0.1) is 6.92 Å². The van der Waals surface area contributed by atoms with Gasteiger partial charge in [-0.1, -0.05) is 38.8 Å². The van der Waals surface area contributed by atoms with Crippen molar-refractivity contribution in [3.05, 3.63) is 45.7 Å². The van der Waals surface area contributed by atoms with Gasteiger partial charge in [-0.15, -0.1) is 0 Å². The maximum Gasteiger partial charge on any atom is 0.0678 e. The molecule has 1 aromatic carbocycles. The fourth-order valence-electron chi connectivity index (χ4n) is 1.96. The zero-order valence-corrected chi connectivity index (χ0v) is 13.0. The minimum atomic E-state index is 0.853. The lowest BCUT2D eigenvalue weighted by Gasteiger charge is -2.10. The number of hydrogen-bond donors (Lipinski definition) is 0. The van der Waals surface area contributed by atoms with Gasteiger partial charge in [-0.2, -0.15) is 5.10 Å². The lowest BCUT2D eigenvalue weighted by Crippen LogP contribution is -2.04. The van der Waals surface area contributed by atoms with Crippen LogP contribution >= 0.6 is 31.9 Å². The fraction of sp³-hybridized carbons (Fsp3) is 0.308. The molecule has 1 aromatic heterocycles. The van der Waals surface area contributed by atoms with E-state index in [1.54, 1.807) is 0 Å². The van der Waals surface area contributed by atoms with E-state index in [1.807, 2.05) is 10.9 Å². The van der Waals surface area contributed by atoms with Crippen molar-refractivity contribution in [1.29, 1.82) is 0 Å². The molecule has 0 aliphatic heterocycles. The highest BCUT2D eigenvalue weighted by Crippen LogP contribution is 2.23. The molecule has 2 rings (SSSR count). The number of benzene rings is 1. The maximum atomic E-state index is 4.49. The SMILES string of the molecule is CCc1c(CBr)cnn1-c1ccc(Br)cc1C. The number of alkyl halides is 1. The van der Waals surface area contributed by atoms with Gasteiger partial charge in [0.1, 0.15) is 0 Å². The standard InChI is InChI=1S/C13H14Br2N2/c1-3-12-10(7-14)8-16-17(12)13-5-4-11(15)6-9(13)2/h4-6,8H,3,7H2,1-2H3. The molecule has 0 spiro atoms. The number of halogens is 2. The van der Waals surface area contributed by atoms with Crippen molar-refractivity contribution in [2.75, 3.05) is 0 Å². The Bertz CT molecular complexity index is 532. The average molecular weight is 358 g/mol. The highest BCUT2D eigenvalue weighted by molar-refractivity contribution is 9.10. The molecule has 0 amide bonds. The van der Waals surface area contributed by atoms with Gasteiger partial charge in [0, 0.05) is 21.1 Å². The van der Waals surface area contributed by atoms with E-state index in [1.165, 1.54) is 16.8 Å². The van der Waals surface area contributed by atoms with Gasteiger partial charge in [-0.05, 0) is 37.1 Å². The Morgan fingerprint density at radius 3 is 2.71 bits per heavy atom. The smallest absolute Gasteiger partial charge is 0.0678 e. The summed E-state index contributed by atoms with van der Waals surface area (Å²) in [4.78, 5) is 0. The first kappa shape index (κ1) is 12.8. The van der Waals surface area contributed by atoms with E-state index in [4.69, 9.17) is 0 Å². The molecule has 0 fully saturated rings. The van der Waals surface area contributed by atoms with Crippen LogP contribution in [0.2, 0.25) is 0 Å². The van der Waals surface area contributed by atoms with Crippen LogP contribution in [0.5, 0.6) is 0 Å². The first-order valence-electron chi connectivity index (χ1n) is 5.55. The quantitative estimate of drug-likeness (QED) is 0.744. The van der Waals surface area contributed by atoms with E-state index in [0.717, 1.165) is 21.9 Å². The van der Waals surface area contributed by atoms with Crippen LogP contribution in [0.4, 0.5) is 0 Å². The molecule has 0 atom stereocenters. The predicted octanol–water partition coefficient (Wildman–Crippen LogP) is 4.40. The van der Waals surface area contributed by atoms with Crippen LogP contribution in [-0.2, 0) is 11.8 Å². The Morgan fingerprint density at radius 1 is 1.35 bits per heavy atom. The highest BCUT2D eigenvalue weighted by Gasteiger charge is 2.11. The van der Waals surface area contributed by atoms with Crippen molar-refractivity contribution in [3.8, 4) is 5.69 Å². The lowest BCUT2D eigenvalue weighted by atomic mass is 10.2. The molecular formula is C13H14Br2N2. The van der Waals surface area contributed by atoms with E-state index in [2.05, 4.69) is 69.0 Å². The Labute approximate surface area is 118 Å². The number of aryl methyl sites for hydroxylation is 1. The normalized spacial score (nSPS) is 10.8. The second-order valence-corrected chi connectivity index (χ2v) is 5.42. The van der Waals surface area contributed by atoms with Gasteiger partial charge in [-0.25, -0.2) is 4.68 Å². The van der Waals surface area contributed by atoms with Crippen molar-refractivity contribution in [3.63, 3.8) is 0 Å². The molecule has 0 unspecified atom stereocenters. The minimum absolute atomic E-state index is 0.853. The topological polar surface area (TPSA) is 17.8 Å². The minimum Gasteiger partial charge on any atom is -0.237 e. The summed E-state index contributed by atoms with van der Waals surface area (Å²) in [5.74, 6) is 0.